The summed E-state index contributed by atoms with van der Waals surface area (Å²) >= 11 is 1.28. The highest BCUT2D eigenvalue weighted by atomic mass is 32.1. The molecule has 0 saturated carbocycles. The van der Waals surface area contributed by atoms with E-state index >= 15 is 0 Å². The number of carbonyl (C=O) groups is 2. The van der Waals surface area contributed by atoms with Gasteiger partial charge in [-0.3, -0.25) is 4.79 Å². The molecule has 1 aromatic carbocycles. The maximum Gasteiger partial charge on any atom is 0.416 e. The molecule has 0 bridgehead atoms. The molecule has 1 aromatic heterocycles. The zero-order chi connectivity index (χ0) is 24.4. The van der Waals surface area contributed by atoms with E-state index in [9.17, 15) is 22.8 Å². The van der Waals surface area contributed by atoms with Gasteiger partial charge in [-0.2, -0.15) is 13.2 Å². The fraction of sp³-hybridized carbons (Fsp3) is 0.435. The van der Waals surface area contributed by atoms with Crippen molar-refractivity contribution in [1.82, 2.24) is 9.80 Å². The summed E-state index contributed by atoms with van der Waals surface area (Å²) in [5.41, 5.74) is -1.27. The lowest BCUT2D eigenvalue weighted by atomic mass is 10.1. The van der Waals surface area contributed by atoms with Gasteiger partial charge in [0.25, 0.3) is 5.91 Å². The molecule has 3 rings (SSSR count). The average Bonchev–Trinajstić information content (AvgIpc) is 3.25. The van der Waals surface area contributed by atoms with Crippen LogP contribution in [0.15, 0.2) is 40.7 Å². The van der Waals surface area contributed by atoms with E-state index in [0.717, 1.165) is 6.07 Å². The Labute approximate surface area is 194 Å². The minimum absolute atomic E-state index is 0.0402. The SMILES string of the molecule is Cc1c(N=C(C(=O)N2CCN(C(=O)OC(C)(C)C)CC2)c2cccs2)cccc1C(F)(F)F. The van der Waals surface area contributed by atoms with Gasteiger partial charge in [0.1, 0.15) is 11.3 Å². The topological polar surface area (TPSA) is 62.2 Å². The van der Waals surface area contributed by atoms with Crippen LogP contribution < -0.4 is 0 Å². The Morgan fingerprint density at radius 1 is 1.00 bits per heavy atom. The number of halogens is 3. The second kappa shape index (κ2) is 9.54. The normalized spacial score (nSPS) is 15.5. The van der Waals surface area contributed by atoms with Crippen molar-refractivity contribution in [3.05, 3.63) is 51.7 Å². The van der Waals surface area contributed by atoms with Crippen molar-refractivity contribution in [3.63, 3.8) is 0 Å². The van der Waals surface area contributed by atoms with Gasteiger partial charge in [-0.1, -0.05) is 12.1 Å². The number of hydrogen-bond donors (Lipinski definition) is 0. The Morgan fingerprint density at radius 3 is 2.18 bits per heavy atom. The van der Waals surface area contributed by atoms with Crippen LogP contribution in [-0.2, 0) is 15.7 Å². The molecule has 0 unspecified atom stereocenters. The van der Waals surface area contributed by atoms with Crippen LogP contribution >= 0.6 is 11.3 Å². The Bertz CT molecular complexity index is 1040. The number of carbonyl (C=O) groups excluding carboxylic acids is 2. The van der Waals surface area contributed by atoms with Gasteiger partial charge in [0.2, 0.25) is 0 Å². The van der Waals surface area contributed by atoms with E-state index in [1.54, 1.807) is 43.2 Å². The van der Waals surface area contributed by atoms with Crippen LogP contribution in [0.25, 0.3) is 0 Å². The van der Waals surface area contributed by atoms with Gasteiger partial charge in [-0.05, 0) is 56.8 Å². The highest BCUT2D eigenvalue weighted by molar-refractivity contribution is 7.13. The first-order valence-electron chi connectivity index (χ1n) is 10.4. The first-order valence-corrected chi connectivity index (χ1v) is 11.3. The highest BCUT2D eigenvalue weighted by Crippen LogP contribution is 2.36. The second-order valence-electron chi connectivity index (χ2n) is 8.64. The first-order chi connectivity index (χ1) is 15.4. The van der Waals surface area contributed by atoms with Crippen LogP contribution in [0.4, 0.5) is 23.7 Å². The van der Waals surface area contributed by atoms with E-state index in [1.807, 2.05) is 0 Å². The number of amides is 2. The van der Waals surface area contributed by atoms with Gasteiger partial charge in [-0.25, -0.2) is 9.79 Å². The number of aliphatic imine (C=N–C) groups is 1. The maximum absolute atomic E-state index is 13.3. The molecule has 0 atom stereocenters. The second-order valence-corrected chi connectivity index (χ2v) is 9.59. The number of hydrogen-bond acceptors (Lipinski definition) is 5. The number of thiophene rings is 1. The minimum atomic E-state index is -4.51. The van der Waals surface area contributed by atoms with Gasteiger partial charge < -0.3 is 14.5 Å². The van der Waals surface area contributed by atoms with Crippen LogP contribution in [-0.4, -0.2) is 59.3 Å². The smallest absolute Gasteiger partial charge is 0.416 e. The van der Waals surface area contributed by atoms with Crippen molar-refractivity contribution in [3.8, 4) is 0 Å². The standard InChI is InChI=1S/C23H26F3N3O3S/c1-15-16(23(24,25)26)7-5-8-17(15)27-19(18-9-6-14-33-18)20(30)28-10-12-29(13-11-28)21(31)32-22(2,3)4/h5-9,14H,10-13H2,1-4H3. The van der Waals surface area contributed by atoms with Crippen LogP contribution in [0.3, 0.4) is 0 Å². The molecule has 1 fully saturated rings. The number of alkyl halides is 3. The number of piperazine rings is 1. The van der Waals surface area contributed by atoms with E-state index in [2.05, 4.69) is 4.99 Å². The van der Waals surface area contributed by atoms with Gasteiger partial charge in [0.05, 0.1) is 16.1 Å². The Balaban J connectivity index is 1.84. The van der Waals surface area contributed by atoms with Crippen LogP contribution in [0, 0.1) is 6.92 Å². The molecule has 2 aromatic rings. The van der Waals surface area contributed by atoms with E-state index < -0.39 is 29.3 Å². The lowest BCUT2D eigenvalue weighted by Crippen LogP contribution is -2.53. The van der Waals surface area contributed by atoms with Crippen molar-refractivity contribution in [2.45, 2.75) is 39.5 Å². The van der Waals surface area contributed by atoms with Gasteiger partial charge in [-0.15, -0.1) is 11.3 Å². The highest BCUT2D eigenvalue weighted by Gasteiger charge is 2.34. The van der Waals surface area contributed by atoms with Gasteiger partial charge >= 0.3 is 12.3 Å². The molecular weight excluding hydrogens is 455 g/mol. The lowest BCUT2D eigenvalue weighted by Gasteiger charge is -2.35. The van der Waals surface area contributed by atoms with Crippen molar-refractivity contribution in [2.24, 2.45) is 4.99 Å². The Morgan fingerprint density at radius 2 is 1.64 bits per heavy atom. The fourth-order valence-corrected chi connectivity index (χ4v) is 4.07. The molecule has 1 aliphatic rings. The van der Waals surface area contributed by atoms with Crippen LogP contribution in [0.2, 0.25) is 0 Å². The van der Waals surface area contributed by atoms with Crippen LogP contribution in [0.1, 0.15) is 36.8 Å². The summed E-state index contributed by atoms with van der Waals surface area (Å²) in [6.45, 7) is 7.81. The predicted octanol–water partition coefficient (Wildman–Crippen LogP) is 5.28. The molecule has 0 spiro atoms. The average molecular weight is 482 g/mol. The molecule has 33 heavy (non-hydrogen) atoms. The molecule has 10 heteroatoms. The summed E-state index contributed by atoms with van der Waals surface area (Å²) in [6, 6.07) is 7.21. The summed E-state index contributed by atoms with van der Waals surface area (Å²) in [5.74, 6) is -0.391. The van der Waals surface area contributed by atoms with Gasteiger partial charge in [0, 0.05) is 26.2 Å². The Hall–Kier alpha value is -2.88. The minimum Gasteiger partial charge on any atom is -0.444 e. The first kappa shape index (κ1) is 24.8. The summed E-state index contributed by atoms with van der Waals surface area (Å²) in [7, 11) is 0. The van der Waals surface area contributed by atoms with Crippen molar-refractivity contribution < 1.29 is 27.5 Å². The largest absolute Gasteiger partial charge is 0.444 e. The lowest BCUT2D eigenvalue weighted by molar-refractivity contribution is -0.138. The van der Waals surface area contributed by atoms with Crippen molar-refractivity contribution >= 4 is 34.7 Å². The number of rotatable bonds is 3. The van der Waals surface area contributed by atoms with Crippen molar-refractivity contribution in [1.29, 1.82) is 0 Å². The zero-order valence-electron chi connectivity index (χ0n) is 18.9. The number of benzene rings is 1. The van der Waals surface area contributed by atoms with E-state index in [1.165, 1.54) is 35.3 Å². The quantitative estimate of drug-likeness (QED) is 0.561. The monoisotopic (exact) mass is 481 g/mol. The molecular formula is C23H26F3N3O3S. The molecule has 0 radical (unpaired) electrons. The zero-order valence-corrected chi connectivity index (χ0v) is 19.7. The number of nitrogens with zero attached hydrogens (tertiary/aromatic N) is 3. The molecule has 0 N–H and O–H groups in total. The van der Waals surface area contributed by atoms with E-state index in [4.69, 9.17) is 4.74 Å². The fourth-order valence-electron chi connectivity index (χ4n) is 3.36. The van der Waals surface area contributed by atoms with Crippen LogP contribution in [0.5, 0.6) is 0 Å². The van der Waals surface area contributed by atoms with E-state index in [0.29, 0.717) is 18.0 Å². The van der Waals surface area contributed by atoms with Crippen molar-refractivity contribution in [2.75, 3.05) is 26.2 Å². The molecule has 2 amide bonds. The third-order valence-electron chi connectivity index (χ3n) is 5.02. The summed E-state index contributed by atoms with van der Waals surface area (Å²) in [6.07, 6.45) is -4.96. The molecule has 2 heterocycles. The summed E-state index contributed by atoms with van der Waals surface area (Å²) in [4.78, 5) is 33.7. The summed E-state index contributed by atoms with van der Waals surface area (Å²) in [5, 5.41) is 1.78. The third-order valence-corrected chi connectivity index (χ3v) is 5.90. The van der Waals surface area contributed by atoms with E-state index in [-0.39, 0.29) is 30.1 Å². The number of ether oxygens (including phenoxy) is 1. The van der Waals surface area contributed by atoms with Gasteiger partial charge in [0.15, 0.2) is 0 Å². The molecule has 1 aliphatic heterocycles. The molecule has 0 aliphatic carbocycles. The molecule has 1 saturated heterocycles. The predicted molar refractivity (Wildman–Crippen MR) is 121 cm³/mol. The maximum atomic E-state index is 13.3. The molecule has 178 valence electrons. The molecule has 6 nitrogen and oxygen atoms in total. The summed E-state index contributed by atoms with van der Waals surface area (Å²) < 4.78 is 45.4. The Kier molecular flexibility index (Phi) is 7.16. The third kappa shape index (κ3) is 6.13.